The van der Waals surface area contributed by atoms with Gasteiger partial charge < -0.3 is 19.5 Å². The predicted molar refractivity (Wildman–Crippen MR) is 100 cm³/mol. The molecule has 3 rings (SSSR count). The Morgan fingerprint density at radius 3 is 2.93 bits per heavy atom. The number of nitrogens with zero attached hydrogens (tertiary/aromatic N) is 3. The maximum atomic E-state index is 11.3. The molecule has 2 heterocycles. The average molecular weight is 373 g/mol. The van der Waals surface area contributed by atoms with Gasteiger partial charge in [-0.1, -0.05) is 18.2 Å². The number of para-hydroxylation sites is 1. The number of aromatic nitrogens is 2. The Morgan fingerprint density at radius 1 is 1.30 bits per heavy atom. The number of aliphatic hydroxyl groups excluding tert-OH is 1. The van der Waals surface area contributed by atoms with Gasteiger partial charge in [-0.15, -0.1) is 0 Å². The summed E-state index contributed by atoms with van der Waals surface area (Å²) in [6.07, 6.45) is 7.23. The summed E-state index contributed by atoms with van der Waals surface area (Å²) in [5.74, 6) is -0.817. The Labute approximate surface area is 159 Å². The van der Waals surface area contributed by atoms with Crippen molar-refractivity contribution in [3.63, 3.8) is 0 Å². The highest BCUT2D eigenvalue weighted by molar-refractivity contribution is 5.71. The lowest BCUT2D eigenvalue weighted by Crippen LogP contribution is -2.46. The molecular weight excluding hydrogens is 346 g/mol. The lowest BCUT2D eigenvalue weighted by atomic mass is 9.94. The summed E-state index contributed by atoms with van der Waals surface area (Å²) in [6.45, 7) is 3.24. The second kappa shape index (κ2) is 9.53. The summed E-state index contributed by atoms with van der Waals surface area (Å²) < 4.78 is 8.03. The molecule has 1 fully saturated rings. The van der Waals surface area contributed by atoms with E-state index in [-0.39, 0.29) is 0 Å². The van der Waals surface area contributed by atoms with E-state index in [9.17, 15) is 15.0 Å². The van der Waals surface area contributed by atoms with E-state index in [4.69, 9.17) is 4.74 Å². The predicted octanol–water partition coefficient (Wildman–Crippen LogP) is 2.01. The SMILES string of the molecule is O=C(O)[C@@H]1CN(Cc2ccccc2OCCCCn2ccnc2)CC[C@@H]1O. The quantitative estimate of drug-likeness (QED) is 0.654. The lowest BCUT2D eigenvalue weighted by molar-refractivity contribution is -0.149. The first kappa shape index (κ1) is 19.4. The summed E-state index contributed by atoms with van der Waals surface area (Å²) in [4.78, 5) is 17.4. The number of imidazole rings is 1. The highest BCUT2D eigenvalue weighted by Crippen LogP contribution is 2.24. The standard InChI is InChI=1S/C20H27N3O4/c24-18-7-10-23(14-17(18)20(25)26)13-16-5-1-2-6-19(16)27-12-4-3-9-22-11-8-21-15-22/h1-2,5-6,8,11,15,17-18,24H,3-4,7,9-10,12-14H2,(H,25,26)/t17-,18+/m1/s1. The first-order chi connectivity index (χ1) is 13.1. The average Bonchev–Trinajstić information content (AvgIpc) is 3.17. The summed E-state index contributed by atoms with van der Waals surface area (Å²) in [6, 6.07) is 7.89. The van der Waals surface area contributed by atoms with Crippen LogP contribution >= 0.6 is 0 Å². The maximum Gasteiger partial charge on any atom is 0.310 e. The van der Waals surface area contributed by atoms with Gasteiger partial charge in [-0.2, -0.15) is 0 Å². The van der Waals surface area contributed by atoms with Crippen molar-refractivity contribution in [1.29, 1.82) is 0 Å². The van der Waals surface area contributed by atoms with Gasteiger partial charge in [0.25, 0.3) is 0 Å². The molecule has 7 nitrogen and oxygen atoms in total. The van der Waals surface area contributed by atoms with E-state index < -0.39 is 18.0 Å². The molecule has 27 heavy (non-hydrogen) atoms. The fourth-order valence-corrected chi connectivity index (χ4v) is 3.41. The summed E-state index contributed by atoms with van der Waals surface area (Å²) >= 11 is 0. The summed E-state index contributed by atoms with van der Waals surface area (Å²) in [5, 5.41) is 19.1. The number of aliphatic hydroxyl groups is 1. The number of ether oxygens (including phenoxy) is 1. The van der Waals surface area contributed by atoms with Gasteiger partial charge in [-0.05, 0) is 25.3 Å². The normalized spacial score (nSPS) is 20.5. The van der Waals surface area contributed by atoms with E-state index in [1.807, 2.05) is 36.8 Å². The van der Waals surface area contributed by atoms with Gasteiger partial charge in [0.15, 0.2) is 0 Å². The van der Waals surface area contributed by atoms with Crippen LogP contribution in [0, 0.1) is 5.92 Å². The highest BCUT2D eigenvalue weighted by atomic mass is 16.5. The molecule has 1 aromatic carbocycles. The molecule has 7 heteroatoms. The van der Waals surface area contributed by atoms with E-state index >= 15 is 0 Å². The van der Waals surface area contributed by atoms with Crippen LogP contribution in [-0.2, 0) is 17.9 Å². The molecule has 2 N–H and O–H groups in total. The largest absolute Gasteiger partial charge is 0.493 e. The number of piperidine rings is 1. The molecule has 0 bridgehead atoms. The third kappa shape index (κ3) is 5.55. The molecule has 2 atom stereocenters. The smallest absolute Gasteiger partial charge is 0.310 e. The number of hydrogen-bond donors (Lipinski definition) is 2. The minimum Gasteiger partial charge on any atom is -0.493 e. The lowest BCUT2D eigenvalue weighted by Gasteiger charge is -2.34. The Balaban J connectivity index is 1.49. The van der Waals surface area contributed by atoms with E-state index in [1.165, 1.54) is 0 Å². The van der Waals surface area contributed by atoms with Gasteiger partial charge in [0, 0.05) is 44.1 Å². The molecule has 0 unspecified atom stereocenters. The molecule has 1 saturated heterocycles. The number of benzene rings is 1. The van der Waals surface area contributed by atoms with E-state index in [0.717, 1.165) is 30.7 Å². The Kier molecular flexibility index (Phi) is 6.84. The summed E-state index contributed by atoms with van der Waals surface area (Å²) in [5.41, 5.74) is 1.05. The van der Waals surface area contributed by atoms with Crippen LogP contribution in [0.2, 0.25) is 0 Å². The van der Waals surface area contributed by atoms with Crippen molar-refractivity contribution in [2.75, 3.05) is 19.7 Å². The zero-order valence-electron chi connectivity index (χ0n) is 15.4. The first-order valence-corrected chi connectivity index (χ1v) is 9.43. The van der Waals surface area contributed by atoms with Crippen molar-refractivity contribution in [1.82, 2.24) is 14.5 Å². The fraction of sp³-hybridized carbons (Fsp3) is 0.500. The molecular formula is C20H27N3O4. The molecule has 0 amide bonds. The van der Waals surface area contributed by atoms with Crippen molar-refractivity contribution < 1.29 is 19.7 Å². The highest BCUT2D eigenvalue weighted by Gasteiger charge is 2.33. The fourth-order valence-electron chi connectivity index (χ4n) is 3.41. The first-order valence-electron chi connectivity index (χ1n) is 9.43. The van der Waals surface area contributed by atoms with Gasteiger partial charge >= 0.3 is 5.97 Å². The van der Waals surface area contributed by atoms with Crippen LogP contribution in [0.5, 0.6) is 5.75 Å². The van der Waals surface area contributed by atoms with Crippen LogP contribution in [0.15, 0.2) is 43.0 Å². The molecule has 0 aliphatic carbocycles. The molecule has 1 aliphatic heterocycles. The molecule has 146 valence electrons. The molecule has 0 spiro atoms. The van der Waals surface area contributed by atoms with E-state index in [0.29, 0.717) is 32.7 Å². The number of unbranched alkanes of at least 4 members (excludes halogenated alkanes) is 1. The minimum atomic E-state index is -0.936. The Morgan fingerprint density at radius 2 is 2.15 bits per heavy atom. The van der Waals surface area contributed by atoms with Crippen molar-refractivity contribution in [3.8, 4) is 5.75 Å². The van der Waals surface area contributed by atoms with Crippen LogP contribution in [0.1, 0.15) is 24.8 Å². The third-order valence-corrected chi connectivity index (χ3v) is 4.97. The van der Waals surface area contributed by atoms with E-state index in [1.54, 1.807) is 6.20 Å². The van der Waals surface area contributed by atoms with Gasteiger partial charge in [-0.3, -0.25) is 9.69 Å². The number of aryl methyl sites for hydroxylation is 1. The number of carbonyl (C=O) groups is 1. The molecule has 1 aromatic heterocycles. The van der Waals surface area contributed by atoms with Crippen molar-refractivity contribution in [2.24, 2.45) is 5.92 Å². The number of rotatable bonds is 9. The zero-order valence-corrected chi connectivity index (χ0v) is 15.4. The molecule has 0 radical (unpaired) electrons. The van der Waals surface area contributed by atoms with Crippen LogP contribution in [0.4, 0.5) is 0 Å². The molecule has 1 aliphatic rings. The monoisotopic (exact) mass is 373 g/mol. The van der Waals surface area contributed by atoms with Gasteiger partial charge in [-0.25, -0.2) is 4.98 Å². The number of hydrogen-bond acceptors (Lipinski definition) is 5. The number of carboxylic acids is 1. The molecule has 0 saturated carbocycles. The van der Waals surface area contributed by atoms with Crippen LogP contribution in [0.3, 0.4) is 0 Å². The van der Waals surface area contributed by atoms with Gasteiger partial charge in [0.2, 0.25) is 0 Å². The van der Waals surface area contributed by atoms with E-state index in [2.05, 4.69) is 14.5 Å². The number of aliphatic carboxylic acids is 1. The Hall–Kier alpha value is -2.38. The van der Waals surface area contributed by atoms with Crippen LogP contribution < -0.4 is 4.74 Å². The van der Waals surface area contributed by atoms with Crippen molar-refractivity contribution >= 4 is 5.97 Å². The van der Waals surface area contributed by atoms with Crippen LogP contribution in [0.25, 0.3) is 0 Å². The minimum absolute atomic E-state index is 0.357. The second-order valence-corrected chi connectivity index (χ2v) is 7.00. The van der Waals surface area contributed by atoms with Gasteiger partial charge in [0.05, 0.1) is 25.0 Å². The van der Waals surface area contributed by atoms with Crippen LogP contribution in [-0.4, -0.2) is 56.4 Å². The van der Waals surface area contributed by atoms with Crippen molar-refractivity contribution in [3.05, 3.63) is 48.5 Å². The Bertz CT molecular complexity index is 720. The summed E-state index contributed by atoms with van der Waals surface area (Å²) in [7, 11) is 0. The zero-order chi connectivity index (χ0) is 19.1. The second-order valence-electron chi connectivity index (χ2n) is 7.00. The number of carboxylic acid groups (broad SMARTS) is 1. The topological polar surface area (TPSA) is 87.8 Å². The van der Waals surface area contributed by atoms with Gasteiger partial charge in [0.1, 0.15) is 5.75 Å². The molecule has 2 aromatic rings. The maximum absolute atomic E-state index is 11.3. The third-order valence-electron chi connectivity index (χ3n) is 4.97. The van der Waals surface area contributed by atoms with Crippen molar-refractivity contribution in [2.45, 2.75) is 38.5 Å². The number of likely N-dealkylation sites (tertiary alicyclic amines) is 1.